The predicted molar refractivity (Wildman–Crippen MR) is 79.9 cm³/mol. The first kappa shape index (κ1) is 12.6. The van der Waals surface area contributed by atoms with Gasteiger partial charge >= 0.3 is 0 Å². The van der Waals surface area contributed by atoms with E-state index in [4.69, 9.17) is 9.15 Å². The molecule has 3 nitrogen and oxygen atoms in total. The number of rotatable bonds is 2. The van der Waals surface area contributed by atoms with Gasteiger partial charge in [0.25, 0.3) is 0 Å². The molecule has 3 aromatic rings. The highest BCUT2D eigenvalue weighted by molar-refractivity contribution is 5.78. The first-order chi connectivity index (χ1) is 10.2. The van der Waals surface area contributed by atoms with Crippen LogP contribution in [0.5, 0.6) is 0 Å². The number of hydrogen-bond donors (Lipinski definition) is 1. The quantitative estimate of drug-likeness (QED) is 0.775. The summed E-state index contributed by atoms with van der Waals surface area (Å²) in [6, 6.07) is 13.9. The van der Waals surface area contributed by atoms with Gasteiger partial charge in [0.2, 0.25) is 0 Å². The standard InChI is InChI=1S/C18H16O3/c1-11-2-5-16-14(6-11)8-17(21-16)18(19)12-3-4-13-9-20-10-15(13)7-12/h2-8,18-19H,9-10H2,1H3. The molecule has 0 amide bonds. The van der Waals surface area contributed by atoms with Crippen molar-refractivity contribution >= 4 is 11.0 Å². The Hall–Kier alpha value is -2.10. The fourth-order valence-electron chi connectivity index (χ4n) is 2.84. The Labute approximate surface area is 122 Å². The first-order valence-electron chi connectivity index (χ1n) is 7.08. The molecule has 0 bridgehead atoms. The Balaban J connectivity index is 1.73. The van der Waals surface area contributed by atoms with Crippen LogP contribution in [0.4, 0.5) is 0 Å². The molecule has 4 rings (SSSR count). The number of ether oxygens (including phenoxy) is 1. The van der Waals surface area contributed by atoms with Crippen LogP contribution in [0.1, 0.15) is 34.1 Å². The van der Waals surface area contributed by atoms with E-state index in [9.17, 15) is 5.11 Å². The van der Waals surface area contributed by atoms with E-state index in [1.54, 1.807) is 0 Å². The second-order valence-electron chi connectivity index (χ2n) is 5.61. The second-order valence-corrected chi connectivity index (χ2v) is 5.61. The molecule has 0 saturated heterocycles. The Kier molecular flexibility index (Phi) is 2.84. The molecule has 1 aromatic heterocycles. The van der Waals surface area contributed by atoms with Crippen molar-refractivity contribution in [3.8, 4) is 0 Å². The molecule has 0 spiro atoms. The lowest BCUT2D eigenvalue weighted by atomic mass is 10.0. The molecule has 1 aliphatic heterocycles. The molecule has 106 valence electrons. The molecule has 0 saturated carbocycles. The SMILES string of the molecule is Cc1ccc2oc(C(O)c3ccc4c(c3)COC4)cc2c1. The fourth-order valence-corrected chi connectivity index (χ4v) is 2.84. The molecule has 2 aromatic carbocycles. The summed E-state index contributed by atoms with van der Waals surface area (Å²) in [6.07, 6.45) is -0.747. The minimum absolute atomic E-state index is 0.578. The monoisotopic (exact) mass is 280 g/mol. The lowest BCUT2D eigenvalue weighted by molar-refractivity contribution is 0.134. The smallest absolute Gasteiger partial charge is 0.138 e. The zero-order valence-electron chi connectivity index (χ0n) is 11.8. The van der Waals surface area contributed by atoms with E-state index in [1.165, 1.54) is 11.1 Å². The van der Waals surface area contributed by atoms with Crippen molar-refractivity contribution in [3.63, 3.8) is 0 Å². The number of aryl methyl sites for hydroxylation is 1. The van der Waals surface area contributed by atoms with Crippen LogP contribution in [0.15, 0.2) is 46.9 Å². The van der Waals surface area contributed by atoms with Gasteiger partial charge in [-0.2, -0.15) is 0 Å². The summed E-state index contributed by atoms with van der Waals surface area (Å²) in [5.41, 5.74) is 5.18. The number of fused-ring (bicyclic) bond motifs is 2. The van der Waals surface area contributed by atoms with Crippen LogP contribution in [0.3, 0.4) is 0 Å². The van der Waals surface area contributed by atoms with Crippen molar-refractivity contribution in [2.24, 2.45) is 0 Å². The van der Waals surface area contributed by atoms with Gasteiger partial charge in [-0.1, -0.05) is 29.8 Å². The largest absolute Gasteiger partial charge is 0.458 e. The summed E-state index contributed by atoms with van der Waals surface area (Å²) in [7, 11) is 0. The molecule has 0 fully saturated rings. The molecule has 1 N–H and O–H groups in total. The summed E-state index contributed by atoms with van der Waals surface area (Å²) in [5.74, 6) is 0.578. The van der Waals surface area contributed by atoms with E-state index < -0.39 is 6.10 Å². The van der Waals surface area contributed by atoms with Crippen LogP contribution < -0.4 is 0 Å². The zero-order valence-corrected chi connectivity index (χ0v) is 11.8. The predicted octanol–water partition coefficient (Wildman–Crippen LogP) is 3.85. The third-order valence-corrected chi connectivity index (χ3v) is 4.02. The van der Waals surface area contributed by atoms with Gasteiger partial charge in [-0.3, -0.25) is 0 Å². The Morgan fingerprint density at radius 3 is 2.76 bits per heavy atom. The molecule has 1 atom stereocenters. The van der Waals surface area contributed by atoms with E-state index >= 15 is 0 Å². The Morgan fingerprint density at radius 1 is 1.00 bits per heavy atom. The van der Waals surface area contributed by atoms with Crippen LogP contribution in [0.2, 0.25) is 0 Å². The molecule has 1 aliphatic rings. The molecule has 1 unspecified atom stereocenters. The summed E-state index contributed by atoms with van der Waals surface area (Å²) in [5, 5.41) is 11.6. The first-order valence-corrected chi connectivity index (χ1v) is 7.08. The average molecular weight is 280 g/mol. The van der Waals surface area contributed by atoms with Crippen LogP contribution >= 0.6 is 0 Å². The van der Waals surface area contributed by atoms with Gasteiger partial charge in [0, 0.05) is 5.39 Å². The highest BCUT2D eigenvalue weighted by Gasteiger charge is 2.19. The van der Waals surface area contributed by atoms with Gasteiger partial charge in [0.05, 0.1) is 13.2 Å². The van der Waals surface area contributed by atoms with Crippen molar-refractivity contribution in [1.29, 1.82) is 0 Å². The van der Waals surface area contributed by atoms with Crippen molar-refractivity contribution in [2.45, 2.75) is 26.2 Å². The average Bonchev–Trinajstić information content (AvgIpc) is 3.11. The highest BCUT2D eigenvalue weighted by atomic mass is 16.5. The molecular weight excluding hydrogens is 264 g/mol. The van der Waals surface area contributed by atoms with Gasteiger partial charge in [0.1, 0.15) is 17.4 Å². The summed E-state index contributed by atoms with van der Waals surface area (Å²) in [4.78, 5) is 0. The molecular formula is C18H16O3. The minimum Gasteiger partial charge on any atom is -0.458 e. The van der Waals surface area contributed by atoms with Crippen LogP contribution in [-0.4, -0.2) is 5.11 Å². The Morgan fingerprint density at radius 2 is 1.86 bits per heavy atom. The lowest BCUT2D eigenvalue weighted by Gasteiger charge is -2.09. The third-order valence-electron chi connectivity index (χ3n) is 4.02. The minimum atomic E-state index is -0.747. The molecule has 2 heterocycles. The van der Waals surface area contributed by atoms with Gasteiger partial charge < -0.3 is 14.3 Å². The normalized spacial score (nSPS) is 15.3. The molecule has 3 heteroatoms. The second kappa shape index (κ2) is 4.72. The number of hydrogen-bond acceptors (Lipinski definition) is 3. The van der Waals surface area contributed by atoms with E-state index in [2.05, 4.69) is 6.07 Å². The van der Waals surface area contributed by atoms with Gasteiger partial charge in [-0.15, -0.1) is 0 Å². The summed E-state index contributed by atoms with van der Waals surface area (Å²) >= 11 is 0. The van der Waals surface area contributed by atoms with Gasteiger partial charge in [-0.05, 0) is 41.8 Å². The summed E-state index contributed by atoms with van der Waals surface area (Å²) in [6.45, 7) is 3.33. The number of benzene rings is 2. The maximum atomic E-state index is 10.6. The number of aliphatic hydroxyl groups is 1. The Bertz CT molecular complexity index is 816. The van der Waals surface area contributed by atoms with Crippen LogP contribution in [0, 0.1) is 6.92 Å². The van der Waals surface area contributed by atoms with Crippen molar-refractivity contribution in [2.75, 3.05) is 0 Å². The van der Waals surface area contributed by atoms with Crippen molar-refractivity contribution in [3.05, 3.63) is 70.5 Å². The zero-order chi connectivity index (χ0) is 14.4. The van der Waals surface area contributed by atoms with Gasteiger partial charge in [0.15, 0.2) is 0 Å². The van der Waals surface area contributed by atoms with E-state index in [1.807, 2.05) is 43.3 Å². The highest BCUT2D eigenvalue weighted by Crippen LogP contribution is 2.31. The van der Waals surface area contributed by atoms with Gasteiger partial charge in [-0.25, -0.2) is 0 Å². The van der Waals surface area contributed by atoms with Crippen molar-refractivity contribution in [1.82, 2.24) is 0 Å². The van der Waals surface area contributed by atoms with Crippen LogP contribution in [0.25, 0.3) is 11.0 Å². The maximum Gasteiger partial charge on any atom is 0.138 e. The van der Waals surface area contributed by atoms with E-state index in [0.29, 0.717) is 19.0 Å². The number of aliphatic hydroxyl groups excluding tert-OH is 1. The van der Waals surface area contributed by atoms with Crippen molar-refractivity contribution < 1.29 is 14.3 Å². The lowest BCUT2D eigenvalue weighted by Crippen LogP contribution is -1.99. The molecule has 21 heavy (non-hydrogen) atoms. The molecule has 0 radical (unpaired) electrons. The number of furan rings is 1. The summed E-state index contributed by atoms with van der Waals surface area (Å²) < 4.78 is 11.2. The topological polar surface area (TPSA) is 42.6 Å². The maximum absolute atomic E-state index is 10.6. The van der Waals surface area contributed by atoms with E-state index in [0.717, 1.165) is 22.1 Å². The van der Waals surface area contributed by atoms with Crippen LogP contribution in [-0.2, 0) is 18.0 Å². The van der Waals surface area contributed by atoms with E-state index in [-0.39, 0.29) is 0 Å². The third kappa shape index (κ3) is 2.15. The fraction of sp³-hybridized carbons (Fsp3) is 0.222. The molecule has 0 aliphatic carbocycles.